The maximum Gasteiger partial charge on any atom is 0.339 e. The van der Waals surface area contributed by atoms with Crippen LogP contribution in [0.2, 0.25) is 5.02 Å². The molecule has 0 radical (unpaired) electrons. The van der Waals surface area contributed by atoms with Gasteiger partial charge in [-0.05, 0) is 42.8 Å². The lowest BCUT2D eigenvalue weighted by molar-refractivity contribution is 0.0693. The molecule has 0 saturated carbocycles. The molecule has 0 aromatic heterocycles. The molecule has 2 aromatic carbocycles. The molecule has 0 aliphatic rings. The van der Waals surface area contributed by atoms with Crippen molar-refractivity contribution in [2.24, 2.45) is 0 Å². The van der Waals surface area contributed by atoms with Gasteiger partial charge in [0.05, 0.1) is 5.69 Å². The van der Waals surface area contributed by atoms with Gasteiger partial charge in [-0.2, -0.15) is 0 Å². The predicted molar refractivity (Wildman–Crippen MR) is 82.1 cm³/mol. The highest BCUT2D eigenvalue weighted by Crippen LogP contribution is 2.30. The van der Waals surface area contributed by atoms with Crippen molar-refractivity contribution in [1.82, 2.24) is 0 Å². The van der Waals surface area contributed by atoms with Crippen molar-refractivity contribution in [3.8, 4) is 5.75 Å². The van der Waals surface area contributed by atoms with Crippen LogP contribution in [0.25, 0.3) is 0 Å². The molecule has 0 heterocycles. The molecule has 0 spiro atoms. The Morgan fingerprint density at radius 1 is 1.23 bits per heavy atom. The van der Waals surface area contributed by atoms with Crippen LogP contribution in [0, 0.1) is 6.92 Å². The lowest BCUT2D eigenvalue weighted by atomic mass is 10.1. The van der Waals surface area contributed by atoms with Crippen molar-refractivity contribution in [3.63, 3.8) is 0 Å². The topological polar surface area (TPSA) is 104 Å². The summed E-state index contributed by atoms with van der Waals surface area (Å²) in [6.45, 7) is 1.53. The largest absolute Gasteiger partial charge is 0.506 e. The first-order chi connectivity index (χ1) is 10.2. The van der Waals surface area contributed by atoms with E-state index in [2.05, 4.69) is 4.72 Å². The fourth-order valence-corrected chi connectivity index (χ4v) is 3.32. The highest BCUT2D eigenvalue weighted by atomic mass is 35.5. The van der Waals surface area contributed by atoms with Crippen molar-refractivity contribution in [3.05, 3.63) is 52.5 Å². The van der Waals surface area contributed by atoms with Crippen LogP contribution in [0.15, 0.2) is 41.3 Å². The number of halogens is 1. The summed E-state index contributed by atoms with van der Waals surface area (Å²) < 4.78 is 27.0. The van der Waals surface area contributed by atoms with E-state index in [1.807, 2.05) is 0 Å². The number of hydrogen-bond acceptors (Lipinski definition) is 4. The summed E-state index contributed by atoms with van der Waals surface area (Å²) in [5.74, 6) is -2.23. The summed E-state index contributed by atoms with van der Waals surface area (Å²) in [6.07, 6.45) is 0. The lowest BCUT2D eigenvalue weighted by Gasteiger charge is -2.12. The zero-order valence-corrected chi connectivity index (χ0v) is 12.9. The van der Waals surface area contributed by atoms with E-state index in [1.165, 1.54) is 31.2 Å². The Balaban J connectivity index is 2.52. The minimum absolute atomic E-state index is 0.199. The van der Waals surface area contributed by atoms with E-state index in [4.69, 9.17) is 16.7 Å². The number of phenols is 1. The number of carboxylic acids is 1. The molecule has 0 unspecified atom stereocenters. The third-order valence-corrected chi connectivity index (χ3v) is 4.45. The zero-order chi connectivity index (χ0) is 16.5. The van der Waals surface area contributed by atoms with Gasteiger partial charge in [-0.1, -0.05) is 17.7 Å². The molecule has 0 bridgehead atoms. The summed E-state index contributed by atoms with van der Waals surface area (Å²) in [5, 5.41) is 19.3. The fraction of sp³-hybridized carbons (Fsp3) is 0.0714. The highest BCUT2D eigenvalue weighted by molar-refractivity contribution is 7.92. The molecule has 2 aromatic rings. The van der Waals surface area contributed by atoms with Crippen LogP contribution in [0.5, 0.6) is 5.75 Å². The quantitative estimate of drug-likeness (QED) is 0.793. The predicted octanol–water partition coefficient (Wildman–Crippen LogP) is 2.85. The Morgan fingerprint density at radius 3 is 2.50 bits per heavy atom. The number of carboxylic acid groups (broad SMARTS) is 1. The zero-order valence-electron chi connectivity index (χ0n) is 11.4. The molecular weight excluding hydrogens is 330 g/mol. The van der Waals surface area contributed by atoms with E-state index in [0.717, 1.165) is 0 Å². The molecule has 0 fully saturated rings. The monoisotopic (exact) mass is 341 g/mol. The van der Waals surface area contributed by atoms with Crippen molar-refractivity contribution in [2.45, 2.75) is 11.8 Å². The Labute approximate surface area is 132 Å². The number of sulfonamides is 1. The second-order valence-corrected chi connectivity index (χ2v) is 6.67. The third kappa shape index (κ3) is 3.32. The van der Waals surface area contributed by atoms with Crippen molar-refractivity contribution in [1.29, 1.82) is 0 Å². The number of hydrogen-bond donors (Lipinski definition) is 3. The first-order valence-corrected chi connectivity index (χ1v) is 7.92. The number of rotatable bonds is 4. The number of carbonyl (C=O) groups is 1. The molecule has 2 rings (SSSR count). The smallest absolute Gasteiger partial charge is 0.339 e. The van der Waals surface area contributed by atoms with E-state index in [0.29, 0.717) is 10.6 Å². The average Bonchev–Trinajstić information content (AvgIpc) is 2.40. The van der Waals surface area contributed by atoms with Crippen molar-refractivity contribution in [2.75, 3.05) is 4.72 Å². The molecule has 0 aliphatic heterocycles. The summed E-state index contributed by atoms with van der Waals surface area (Å²) in [5.41, 5.74) is 0.110. The van der Waals surface area contributed by atoms with Crippen LogP contribution in [-0.4, -0.2) is 24.6 Å². The van der Waals surface area contributed by atoms with Gasteiger partial charge in [0, 0.05) is 5.02 Å². The van der Waals surface area contributed by atoms with Gasteiger partial charge in [-0.3, -0.25) is 4.72 Å². The first kappa shape index (κ1) is 16.1. The molecule has 6 nitrogen and oxygen atoms in total. The number of aromatic carboxylic acids is 1. The van der Waals surface area contributed by atoms with Crippen molar-refractivity contribution >= 4 is 33.3 Å². The SMILES string of the molecule is Cc1cc(C(=O)O)c(O)c(S(=O)(=O)Nc2cccc(Cl)c2)c1. The number of anilines is 1. The second-order valence-electron chi connectivity index (χ2n) is 4.58. The maximum atomic E-state index is 12.4. The van der Waals surface area contributed by atoms with E-state index in [9.17, 15) is 18.3 Å². The Kier molecular flexibility index (Phi) is 4.30. The molecule has 0 aliphatic carbocycles. The molecule has 8 heteroatoms. The Bertz CT molecular complexity index is 848. The number of nitrogens with one attached hydrogen (secondary N) is 1. The molecule has 0 atom stereocenters. The standard InChI is InChI=1S/C14H12ClNO5S/c1-8-5-11(14(18)19)13(17)12(6-8)22(20,21)16-10-4-2-3-9(15)7-10/h2-7,16-17H,1H3,(H,18,19). The highest BCUT2D eigenvalue weighted by Gasteiger charge is 2.24. The van der Waals surface area contributed by atoms with Gasteiger partial charge >= 0.3 is 5.97 Å². The number of aromatic hydroxyl groups is 1. The van der Waals surface area contributed by atoms with Crippen LogP contribution in [-0.2, 0) is 10.0 Å². The normalized spacial score (nSPS) is 11.2. The van der Waals surface area contributed by atoms with E-state index >= 15 is 0 Å². The van der Waals surface area contributed by atoms with Gasteiger partial charge in [0.15, 0.2) is 5.75 Å². The van der Waals surface area contributed by atoms with Crippen LogP contribution in [0.1, 0.15) is 15.9 Å². The lowest BCUT2D eigenvalue weighted by Crippen LogP contribution is -2.14. The molecule has 0 amide bonds. The van der Waals surface area contributed by atoms with Crippen LogP contribution >= 0.6 is 11.6 Å². The summed E-state index contributed by atoms with van der Waals surface area (Å²) in [7, 11) is -4.16. The van der Waals surface area contributed by atoms with Gasteiger partial charge < -0.3 is 10.2 Å². The molecule has 0 saturated heterocycles. The minimum Gasteiger partial charge on any atom is -0.506 e. The van der Waals surface area contributed by atoms with Crippen LogP contribution in [0.3, 0.4) is 0 Å². The maximum absolute atomic E-state index is 12.4. The van der Waals surface area contributed by atoms with Gasteiger partial charge in [-0.15, -0.1) is 0 Å². The fourth-order valence-electron chi connectivity index (χ4n) is 1.88. The van der Waals surface area contributed by atoms with Gasteiger partial charge in [0.2, 0.25) is 0 Å². The summed E-state index contributed by atoms with van der Waals surface area (Å²) >= 11 is 5.78. The van der Waals surface area contributed by atoms with Gasteiger partial charge in [-0.25, -0.2) is 13.2 Å². The van der Waals surface area contributed by atoms with Crippen LogP contribution < -0.4 is 4.72 Å². The molecule has 22 heavy (non-hydrogen) atoms. The second kappa shape index (κ2) is 5.86. The summed E-state index contributed by atoms with van der Waals surface area (Å²) in [4.78, 5) is 10.6. The minimum atomic E-state index is -4.16. The van der Waals surface area contributed by atoms with Gasteiger partial charge in [0.1, 0.15) is 10.5 Å². The summed E-state index contributed by atoms with van der Waals surface area (Å²) in [6, 6.07) is 8.38. The molecule has 3 N–H and O–H groups in total. The van der Waals surface area contributed by atoms with E-state index < -0.39 is 32.2 Å². The van der Waals surface area contributed by atoms with Gasteiger partial charge in [0.25, 0.3) is 10.0 Å². The molecular formula is C14H12ClNO5S. The Hall–Kier alpha value is -2.25. The third-order valence-electron chi connectivity index (χ3n) is 2.82. The van der Waals surface area contributed by atoms with Crippen molar-refractivity contribution < 1.29 is 23.4 Å². The van der Waals surface area contributed by atoms with E-state index in [1.54, 1.807) is 12.1 Å². The van der Waals surface area contributed by atoms with Crippen LogP contribution in [0.4, 0.5) is 5.69 Å². The number of benzene rings is 2. The Morgan fingerprint density at radius 2 is 1.91 bits per heavy atom. The molecule has 116 valence electrons. The number of aryl methyl sites for hydroxylation is 1. The average molecular weight is 342 g/mol. The van der Waals surface area contributed by atoms with E-state index in [-0.39, 0.29) is 5.69 Å². The first-order valence-electron chi connectivity index (χ1n) is 6.06.